The first-order valence-electron chi connectivity index (χ1n) is 11.9. The number of ketones is 1. The van der Waals surface area contributed by atoms with Gasteiger partial charge >= 0.3 is 0 Å². The highest BCUT2D eigenvalue weighted by molar-refractivity contribution is 7.89. The molecule has 1 heterocycles. The second-order valence-corrected chi connectivity index (χ2v) is 11.0. The molecule has 0 spiro atoms. The van der Waals surface area contributed by atoms with Gasteiger partial charge in [0.15, 0.2) is 0 Å². The number of nitrogens with zero attached hydrogens (tertiary/aromatic N) is 2. The molecule has 3 atom stereocenters. The summed E-state index contributed by atoms with van der Waals surface area (Å²) in [7, 11) is -1.89. The molecule has 1 aliphatic heterocycles. The molecule has 6 nitrogen and oxygen atoms in total. The maximum absolute atomic E-state index is 13.1. The van der Waals surface area contributed by atoms with Crippen LogP contribution in [-0.4, -0.2) is 62.8 Å². The first-order valence-corrected chi connectivity index (χ1v) is 13.3. The first-order chi connectivity index (χ1) is 15.8. The number of carbonyl (C=O) groups excluding carboxylic acids is 1. The number of rotatable bonds is 11. The molecule has 0 saturated carbocycles. The Kier molecular flexibility index (Phi) is 11.2. The molecule has 2 aromatic carbocycles. The van der Waals surface area contributed by atoms with E-state index in [1.54, 1.807) is 38.2 Å². The van der Waals surface area contributed by atoms with E-state index < -0.39 is 10.0 Å². The SMILES string of the molecule is CCN[C@H]1C[C@@H](C(C)=O)CCN1CCC(CN(C)S(=O)(=O)c1ccccc1)c1ccccc1.Cl. The second kappa shape index (κ2) is 13.4. The summed E-state index contributed by atoms with van der Waals surface area (Å²) in [5.41, 5.74) is 1.14. The van der Waals surface area contributed by atoms with Crippen LogP contribution in [0.3, 0.4) is 0 Å². The largest absolute Gasteiger partial charge is 0.302 e. The molecule has 0 amide bonds. The van der Waals surface area contributed by atoms with Gasteiger partial charge in [-0.05, 0) is 56.3 Å². The highest BCUT2D eigenvalue weighted by Gasteiger charge is 2.31. The number of likely N-dealkylation sites (tertiary alicyclic amines) is 1. The van der Waals surface area contributed by atoms with Crippen LogP contribution in [0, 0.1) is 5.92 Å². The van der Waals surface area contributed by atoms with Crippen molar-refractivity contribution in [1.82, 2.24) is 14.5 Å². The Morgan fingerprint density at radius 1 is 1.12 bits per heavy atom. The second-order valence-electron chi connectivity index (χ2n) is 8.94. The summed E-state index contributed by atoms with van der Waals surface area (Å²) >= 11 is 0. The van der Waals surface area contributed by atoms with Gasteiger partial charge in [0.05, 0.1) is 11.1 Å². The van der Waals surface area contributed by atoms with E-state index in [1.807, 2.05) is 24.3 Å². The lowest BCUT2D eigenvalue weighted by atomic mass is 9.90. The highest BCUT2D eigenvalue weighted by Crippen LogP contribution is 2.27. The first kappa shape index (κ1) is 28.5. The van der Waals surface area contributed by atoms with Crippen molar-refractivity contribution < 1.29 is 13.2 Å². The van der Waals surface area contributed by atoms with Crippen molar-refractivity contribution in [2.45, 2.75) is 50.1 Å². The standard InChI is InChI=1S/C26H37N3O3S.ClH/c1-4-27-26-19-23(21(2)30)15-17-29(26)18-16-24(22-11-7-5-8-12-22)20-28(3)33(31,32)25-13-9-6-10-14-25;/h5-14,23-24,26-27H,4,15-20H2,1-3H3;1H/t23-,24?,26+;/m0./s1. The minimum atomic E-state index is -3.55. The van der Waals surface area contributed by atoms with Crippen molar-refractivity contribution in [3.8, 4) is 0 Å². The molecule has 3 rings (SSSR count). The van der Waals surface area contributed by atoms with E-state index >= 15 is 0 Å². The molecule has 1 aliphatic rings. The summed E-state index contributed by atoms with van der Waals surface area (Å²) in [6.07, 6.45) is 2.74. The lowest BCUT2D eigenvalue weighted by molar-refractivity contribution is -0.123. The van der Waals surface area contributed by atoms with Gasteiger partial charge in [-0.2, -0.15) is 0 Å². The molecule has 1 fully saturated rings. The van der Waals surface area contributed by atoms with Crippen molar-refractivity contribution in [3.63, 3.8) is 0 Å². The maximum Gasteiger partial charge on any atom is 0.242 e. The molecular weight excluding hydrogens is 470 g/mol. The fourth-order valence-corrected chi connectivity index (χ4v) is 5.93. The Morgan fingerprint density at radius 3 is 2.32 bits per heavy atom. The van der Waals surface area contributed by atoms with Crippen LogP contribution in [0.15, 0.2) is 65.6 Å². The van der Waals surface area contributed by atoms with E-state index in [4.69, 9.17) is 0 Å². The molecule has 8 heteroatoms. The van der Waals surface area contributed by atoms with Gasteiger partial charge in [0.25, 0.3) is 0 Å². The Hall–Kier alpha value is -1.77. The zero-order valence-electron chi connectivity index (χ0n) is 20.4. The number of hydrogen-bond acceptors (Lipinski definition) is 5. The maximum atomic E-state index is 13.1. The molecule has 0 aliphatic carbocycles. The topological polar surface area (TPSA) is 69.7 Å². The molecule has 34 heavy (non-hydrogen) atoms. The summed E-state index contributed by atoms with van der Waals surface area (Å²) in [6, 6.07) is 18.8. The minimum absolute atomic E-state index is 0. The van der Waals surface area contributed by atoms with Crippen molar-refractivity contribution in [1.29, 1.82) is 0 Å². The number of halogens is 1. The third-order valence-electron chi connectivity index (χ3n) is 6.69. The fourth-order valence-electron chi connectivity index (χ4n) is 4.69. The zero-order valence-corrected chi connectivity index (χ0v) is 22.0. The van der Waals surface area contributed by atoms with E-state index in [0.29, 0.717) is 11.4 Å². The van der Waals surface area contributed by atoms with Crippen LogP contribution in [-0.2, 0) is 14.8 Å². The molecule has 0 aromatic heterocycles. The number of nitrogens with one attached hydrogen (secondary N) is 1. The van der Waals surface area contributed by atoms with Crippen LogP contribution < -0.4 is 5.32 Å². The van der Waals surface area contributed by atoms with Gasteiger partial charge in [-0.15, -0.1) is 12.4 Å². The van der Waals surface area contributed by atoms with Crippen LogP contribution >= 0.6 is 12.4 Å². The third kappa shape index (κ3) is 7.36. The summed E-state index contributed by atoms with van der Waals surface area (Å²) < 4.78 is 27.7. The van der Waals surface area contributed by atoms with Gasteiger partial charge in [-0.25, -0.2) is 12.7 Å². The highest BCUT2D eigenvalue weighted by atomic mass is 35.5. The lowest BCUT2D eigenvalue weighted by Gasteiger charge is -2.40. The molecule has 188 valence electrons. The van der Waals surface area contributed by atoms with Crippen molar-refractivity contribution >= 4 is 28.2 Å². The predicted octanol–water partition coefficient (Wildman–Crippen LogP) is 4.14. The number of likely N-dealkylation sites (N-methyl/N-ethyl adjacent to an activating group) is 1. The van der Waals surface area contributed by atoms with Gasteiger partial charge in [-0.1, -0.05) is 55.5 Å². The van der Waals surface area contributed by atoms with Crippen molar-refractivity contribution in [3.05, 3.63) is 66.2 Å². The Bertz CT molecular complexity index is 989. The van der Waals surface area contributed by atoms with Crippen molar-refractivity contribution in [2.24, 2.45) is 5.92 Å². The summed E-state index contributed by atoms with van der Waals surface area (Å²) in [5, 5.41) is 3.54. The third-order valence-corrected chi connectivity index (χ3v) is 8.53. The summed E-state index contributed by atoms with van der Waals surface area (Å²) in [5.74, 6) is 0.465. The number of sulfonamides is 1. The van der Waals surface area contributed by atoms with Crippen LogP contribution in [0.2, 0.25) is 0 Å². The Morgan fingerprint density at radius 2 is 1.74 bits per heavy atom. The van der Waals surface area contributed by atoms with Crippen molar-refractivity contribution in [2.75, 3.05) is 33.2 Å². The van der Waals surface area contributed by atoms with Gasteiger partial charge in [0, 0.05) is 32.6 Å². The number of benzene rings is 2. The average molecular weight is 508 g/mol. The van der Waals surface area contributed by atoms with Gasteiger partial charge in [0.1, 0.15) is 5.78 Å². The molecule has 2 aromatic rings. The number of Topliss-reactive ketones (excluding diaryl/α,β-unsaturated/α-hetero) is 1. The number of hydrogen-bond donors (Lipinski definition) is 1. The molecular formula is C26H38ClN3O3S. The monoisotopic (exact) mass is 507 g/mol. The molecule has 0 bridgehead atoms. The van der Waals surface area contributed by atoms with E-state index in [0.717, 1.165) is 44.5 Å². The Balaban J connectivity index is 0.00000408. The lowest BCUT2D eigenvalue weighted by Crippen LogP contribution is -2.52. The zero-order chi connectivity index (χ0) is 23.8. The molecule has 0 radical (unpaired) electrons. The van der Waals surface area contributed by atoms with E-state index in [1.165, 1.54) is 4.31 Å². The van der Waals surface area contributed by atoms with Gasteiger partial charge in [-0.3, -0.25) is 9.69 Å². The molecule has 1 N–H and O–H groups in total. The Labute approximate surface area is 211 Å². The number of piperidine rings is 1. The van der Waals surface area contributed by atoms with E-state index in [-0.39, 0.29) is 36.2 Å². The van der Waals surface area contributed by atoms with E-state index in [9.17, 15) is 13.2 Å². The summed E-state index contributed by atoms with van der Waals surface area (Å²) in [6.45, 7) is 6.77. The number of carbonyl (C=O) groups is 1. The smallest absolute Gasteiger partial charge is 0.242 e. The van der Waals surface area contributed by atoms with Crippen LogP contribution in [0.25, 0.3) is 0 Å². The van der Waals surface area contributed by atoms with Crippen LogP contribution in [0.1, 0.15) is 44.6 Å². The molecule has 1 unspecified atom stereocenters. The van der Waals surface area contributed by atoms with Crippen LogP contribution in [0.5, 0.6) is 0 Å². The van der Waals surface area contributed by atoms with E-state index in [2.05, 4.69) is 29.3 Å². The predicted molar refractivity (Wildman–Crippen MR) is 140 cm³/mol. The average Bonchev–Trinajstić information content (AvgIpc) is 2.83. The molecule has 1 saturated heterocycles. The quantitative estimate of drug-likeness (QED) is 0.495. The normalized spacial score (nSPS) is 20.0. The summed E-state index contributed by atoms with van der Waals surface area (Å²) in [4.78, 5) is 14.7. The minimum Gasteiger partial charge on any atom is -0.302 e. The van der Waals surface area contributed by atoms with Crippen LogP contribution in [0.4, 0.5) is 0 Å². The fraction of sp³-hybridized carbons (Fsp3) is 0.500. The van der Waals surface area contributed by atoms with Gasteiger partial charge < -0.3 is 5.32 Å². The van der Waals surface area contributed by atoms with Gasteiger partial charge in [0.2, 0.25) is 10.0 Å².